The molecule has 1 aliphatic heterocycles. The number of hydrogen-bond donors (Lipinski definition) is 1. The number of nitrogens with zero attached hydrogens (tertiary/aromatic N) is 1. The van der Waals surface area contributed by atoms with E-state index in [1.54, 1.807) is 19.9 Å². The minimum absolute atomic E-state index is 0.147. The molecule has 0 amide bonds. The predicted octanol–water partition coefficient (Wildman–Crippen LogP) is 2.16. The zero-order valence-electron chi connectivity index (χ0n) is 11.8. The van der Waals surface area contributed by atoms with Crippen LogP contribution in [0.5, 0.6) is 0 Å². The van der Waals surface area contributed by atoms with Crippen molar-refractivity contribution in [1.29, 1.82) is 0 Å². The number of aromatic nitrogens is 1. The Kier molecular flexibility index (Phi) is 3.46. The fourth-order valence-corrected chi connectivity index (χ4v) is 3.65. The van der Waals surface area contributed by atoms with Gasteiger partial charge in [-0.25, -0.2) is 8.42 Å². The highest BCUT2D eigenvalue weighted by Crippen LogP contribution is 2.24. The summed E-state index contributed by atoms with van der Waals surface area (Å²) in [5.41, 5.74) is 2.30. The first-order valence-corrected chi connectivity index (χ1v) is 8.09. The number of hydrogen-bond acceptors (Lipinski definition) is 5. The Morgan fingerprint density at radius 2 is 2.10 bits per heavy atom. The van der Waals surface area contributed by atoms with E-state index in [1.165, 1.54) is 12.3 Å². The Hall–Kier alpha value is -1.86. The summed E-state index contributed by atoms with van der Waals surface area (Å²) in [6.45, 7) is 4.45. The first-order valence-electron chi connectivity index (χ1n) is 6.61. The number of anilines is 1. The lowest BCUT2D eigenvalue weighted by atomic mass is 10.1. The van der Waals surface area contributed by atoms with Crippen molar-refractivity contribution in [3.8, 4) is 0 Å². The van der Waals surface area contributed by atoms with Gasteiger partial charge in [0.15, 0.2) is 0 Å². The van der Waals surface area contributed by atoms with Crippen LogP contribution in [-0.2, 0) is 27.8 Å². The summed E-state index contributed by atoms with van der Waals surface area (Å²) in [7, 11) is -3.67. The third kappa shape index (κ3) is 2.79. The van der Waals surface area contributed by atoms with Crippen LogP contribution in [0.4, 0.5) is 5.69 Å². The predicted molar refractivity (Wildman–Crippen MR) is 76.6 cm³/mol. The van der Waals surface area contributed by atoms with Gasteiger partial charge in [0.05, 0.1) is 25.1 Å². The van der Waals surface area contributed by atoms with Gasteiger partial charge >= 0.3 is 0 Å². The number of nitrogens with one attached hydrogen (secondary N) is 1. The molecule has 3 heterocycles. The third-order valence-corrected chi connectivity index (χ3v) is 4.83. The van der Waals surface area contributed by atoms with E-state index >= 15 is 0 Å². The first kappa shape index (κ1) is 14.1. The molecule has 0 aromatic carbocycles. The monoisotopic (exact) mass is 308 g/mol. The van der Waals surface area contributed by atoms with Crippen molar-refractivity contribution >= 4 is 15.7 Å². The van der Waals surface area contributed by atoms with Crippen molar-refractivity contribution in [2.45, 2.75) is 31.8 Å². The molecule has 2 aromatic rings. The summed E-state index contributed by atoms with van der Waals surface area (Å²) in [6.07, 6.45) is 2.28. The zero-order chi connectivity index (χ0) is 15.0. The van der Waals surface area contributed by atoms with E-state index in [4.69, 9.17) is 9.15 Å². The van der Waals surface area contributed by atoms with Crippen LogP contribution in [0.3, 0.4) is 0 Å². The molecule has 0 radical (unpaired) electrons. The Morgan fingerprint density at radius 1 is 1.29 bits per heavy atom. The molecule has 0 saturated carbocycles. The number of aryl methyl sites for hydroxylation is 2. The Morgan fingerprint density at radius 3 is 2.81 bits per heavy atom. The maximum absolute atomic E-state index is 12.4. The second kappa shape index (κ2) is 5.16. The number of pyridine rings is 1. The number of sulfonamides is 1. The summed E-state index contributed by atoms with van der Waals surface area (Å²) in [5.74, 6) is 0.930. The van der Waals surface area contributed by atoms with Crippen LogP contribution >= 0.6 is 0 Å². The molecule has 0 atom stereocenters. The maximum atomic E-state index is 12.4. The second-order valence-electron chi connectivity index (χ2n) is 5.02. The van der Waals surface area contributed by atoms with Crippen molar-refractivity contribution in [3.05, 3.63) is 41.1 Å². The standard InChI is InChI=1S/C14H16N2O4S/c1-9-5-14(10(2)20-9)21(17,18)16-12-6-11-8-19-4-3-13(11)15-7-12/h5-7,16H,3-4,8H2,1-2H3. The maximum Gasteiger partial charge on any atom is 0.265 e. The summed E-state index contributed by atoms with van der Waals surface area (Å²) in [6, 6.07) is 3.27. The van der Waals surface area contributed by atoms with Gasteiger partial charge in [-0.05, 0) is 19.9 Å². The highest BCUT2D eigenvalue weighted by molar-refractivity contribution is 7.92. The largest absolute Gasteiger partial charge is 0.465 e. The van der Waals surface area contributed by atoms with Gasteiger partial charge in [-0.2, -0.15) is 0 Å². The third-order valence-electron chi connectivity index (χ3n) is 3.34. The van der Waals surface area contributed by atoms with Gasteiger partial charge < -0.3 is 9.15 Å². The summed E-state index contributed by atoms with van der Waals surface area (Å²) in [4.78, 5) is 4.44. The fourth-order valence-electron chi connectivity index (χ4n) is 2.38. The minimum atomic E-state index is -3.67. The molecule has 6 nitrogen and oxygen atoms in total. The van der Waals surface area contributed by atoms with Crippen LogP contribution in [0.25, 0.3) is 0 Å². The second-order valence-corrected chi connectivity index (χ2v) is 6.67. The quantitative estimate of drug-likeness (QED) is 0.939. The Bertz CT molecular complexity index is 780. The van der Waals surface area contributed by atoms with Crippen LogP contribution in [-0.4, -0.2) is 20.0 Å². The zero-order valence-corrected chi connectivity index (χ0v) is 12.7. The van der Waals surface area contributed by atoms with Crippen LogP contribution in [0.15, 0.2) is 27.6 Å². The molecule has 0 bridgehead atoms. The molecular formula is C14H16N2O4S. The molecule has 112 valence electrons. The van der Waals surface area contributed by atoms with E-state index in [9.17, 15) is 8.42 Å². The Balaban J connectivity index is 1.90. The van der Waals surface area contributed by atoms with Crippen molar-refractivity contribution < 1.29 is 17.6 Å². The molecule has 1 aliphatic rings. The van der Waals surface area contributed by atoms with E-state index in [2.05, 4.69) is 9.71 Å². The molecule has 0 unspecified atom stereocenters. The SMILES string of the molecule is Cc1cc(S(=O)(=O)Nc2cnc3c(c2)COCC3)c(C)o1. The molecular weight excluding hydrogens is 292 g/mol. The van der Waals surface area contributed by atoms with Crippen LogP contribution in [0.1, 0.15) is 22.8 Å². The summed E-state index contributed by atoms with van der Waals surface area (Å²) in [5, 5.41) is 0. The van der Waals surface area contributed by atoms with Crippen molar-refractivity contribution in [2.75, 3.05) is 11.3 Å². The number of rotatable bonds is 3. The van der Waals surface area contributed by atoms with Gasteiger partial charge in [0.25, 0.3) is 10.0 Å². The van der Waals surface area contributed by atoms with Gasteiger partial charge in [-0.1, -0.05) is 0 Å². The van der Waals surface area contributed by atoms with Crippen molar-refractivity contribution in [3.63, 3.8) is 0 Å². The van der Waals surface area contributed by atoms with E-state index < -0.39 is 10.0 Å². The normalized spacial score (nSPS) is 14.8. The van der Waals surface area contributed by atoms with Crippen LogP contribution in [0.2, 0.25) is 0 Å². The topological polar surface area (TPSA) is 81.4 Å². The molecule has 1 N–H and O–H groups in total. The van der Waals surface area contributed by atoms with E-state index in [0.29, 0.717) is 30.4 Å². The van der Waals surface area contributed by atoms with Gasteiger partial charge in [-0.15, -0.1) is 0 Å². The number of fused-ring (bicyclic) bond motifs is 1. The molecule has 21 heavy (non-hydrogen) atoms. The van der Waals surface area contributed by atoms with Gasteiger partial charge in [0.2, 0.25) is 0 Å². The lowest BCUT2D eigenvalue weighted by Gasteiger charge is -2.16. The summed E-state index contributed by atoms with van der Waals surface area (Å²) >= 11 is 0. The minimum Gasteiger partial charge on any atom is -0.465 e. The number of ether oxygens (including phenoxy) is 1. The Labute approximate surface area is 123 Å². The molecule has 7 heteroatoms. The first-order chi connectivity index (χ1) is 9.95. The molecule has 0 fully saturated rings. The molecule has 0 spiro atoms. The fraction of sp³-hybridized carbons (Fsp3) is 0.357. The highest BCUT2D eigenvalue weighted by Gasteiger charge is 2.21. The average Bonchev–Trinajstić information content (AvgIpc) is 2.78. The van der Waals surface area contributed by atoms with Gasteiger partial charge in [0, 0.05) is 23.7 Å². The lowest BCUT2D eigenvalue weighted by molar-refractivity contribution is 0.109. The molecule has 0 saturated heterocycles. The average molecular weight is 308 g/mol. The van der Waals surface area contributed by atoms with E-state index in [-0.39, 0.29) is 4.90 Å². The van der Waals surface area contributed by atoms with Gasteiger partial charge in [-0.3, -0.25) is 9.71 Å². The molecule has 2 aromatic heterocycles. The molecule has 0 aliphatic carbocycles. The smallest absolute Gasteiger partial charge is 0.265 e. The van der Waals surface area contributed by atoms with E-state index in [1.807, 2.05) is 0 Å². The van der Waals surface area contributed by atoms with E-state index in [0.717, 1.165) is 17.7 Å². The van der Waals surface area contributed by atoms with Crippen LogP contribution in [0, 0.1) is 13.8 Å². The van der Waals surface area contributed by atoms with Gasteiger partial charge in [0.1, 0.15) is 16.4 Å². The van der Waals surface area contributed by atoms with Crippen molar-refractivity contribution in [2.24, 2.45) is 0 Å². The summed E-state index contributed by atoms with van der Waals surface area (Å²) < 4.78 is 37.9. The molecule has 3 rings (SSSR count). The lowest BCUT2D eigenvalue weighted by Crippen LogP contribution is -2.16. The number of furan rings is 1. The highest BCUT2D eigenvalue weighted by atomic mass is 32.2. The van der Waals surface area contributed by atoms with Crippen molar-refractivity contribution in [1.82, 2.24) is 4.98 Å². The van der Waals surface area contributed by atoms with Crippen LogP contribution < -0.4 is 4.72 Å².